The molecule has 1 aromatic carbocycles. The third-order valence-corrected chi connectivity index (χ3v) is 2.72. The van der Waals surface area contributed by atoms with Crippen LogP contribution in [0.25, 0.3) is 0 Å². The average Bonchev–Trinajstić information content (AvgIpc) is 2.41. The average molecular weight is 319 g/mol. The van der Waals surface area contributed by atoms with Crippen LogP contribution in [-0.4, -0.2) is 34.1 Å². The van der Waals surface area contributed by atoms with Crippen LogP contribution in [0.5, 0.6) is 0 Å². The Bertz CT molecular complexity index is 568. The van der Waals surface area contributed by atoms with Gasteiger partial charge in [0.1, 0.15) is 6.04 Å². The number of nitrogens with one attached hydrogen (secondary N) is 1. The van der Waals surface area contributed by atoms with Crippen molar-refractivity contribution in [2.24, 2.45) is 0 Å². The fourth-order valence-electron chi connectivity index (χ4n) is 1.58. The standard InChI is InChI=1S/C13H12F3NO5/c14-13(15,16)8-3-1-7(2-4-8)11(20)17-9(12(21)22)5-6-10(18)19/h1-4,9H,5-6H2,(H,17,20)(H,18,19)(H,21,22)/t9-/m0/s1. The molecule has 120 valence electrons. The normalized spacial score (nSPS) is 12.5. The van der Waals surface area contributed by atoms with Gasteiger partial charge in [0.2, 0.25) is 0 Å². The van der Waals surface area contributed by atoms with Crippen LogP contribution in [-0.2, 0) is 15.8 Å². The van der Waals surface area contributed by atoms with Crippen LogP contribution in [0.4, 0.5) is 13.2 Å². The number of hydrogen-bond acceptors (Lipinski definition) is 3. The number of rotatable bonds is 6. The van der Waals surface area contributed by atoms with Crippen molar-refractivity contribution in [2.75, 3.05) is 0 Å². The van der Waals surface area contributed by atoms with Gasteiger partial charge in [0, 0.05) is 12.0 Å². The van der Waals surface area contributed by atoms with E-state index in [0.29, 0.717) is 12.1 Å². The van der Waals surface area contributed by atoms with Crippen molar-refractivity contribution in [2.45, 2.75) is 25.1 Å². The lowest BCUT2D eigenvalue weighted by atomic mass is 10.1. The van der Waals surface area contributed by atoms with Gasteiger partial charge in [-0.05, 0) is 30.7 Å². The molecule has 0 saturated carbocycles. The van der Waals surface area contributed by atoms with E-state index < -0.39 is 42.0 Å². The Balaban J connectivity index is 2.77. The summed E-state index contributed by atoms with van der Waals surface area (Å²) in [7, 11) is 0. The molecular weight excluding hydrogens is 307 g/mol. The highest BCUT2D eigenvalue weighted by molar-refractivity contribution is 5.96. The number of aliphatic carboxylic acids is 2. The van der Waals surface area contributed by atoms with Crippen molar-refractivity contribution < 1.29 is 37.8 Å². The predicted molar refractivity (Wildman–Crippen MR) is 67.2 cm³/mol. The monoisotopic (exact) mass is 319 g/mol. The first-order valence-corrected chi connectivity index (χ1v) is 6.04. The summed E-state index contributed by atoms with van der Waals surface area (Å²) in [6.07, 6.45) is -5.35. The van der Waals surface area contributed by atoms with E-state index in [0.717, 1.165) is 12.1 Å². The molecule has 0 saturated heterocycles. The van der Waals surface area contributed by atoms with E-state index >= 15 is 0 Å². The summed E-state index contributed by atoms with van der Waals surface area (Å²) in [6.45, 7) is 0. The van der Waals surface area contributed by atoms with Gasteiger partial charge in [-0.1, -0.05) is 0 Å². The minimum Gasteiger partial charge on any atom is -0.481 e. The SMILES string of the molecule is O=C(O)CC[C@H](NC(=O)c1ccc(C(F)(F)F)cc1)C(=O)O. The van der Waals surface area contributed by atoms with Gasteiger partial charge < -0.3 is 15.5 Å². The molecule has 9 heteroatoms. The first-order chi connectivity index (χ1) is 10.1. The molecule has 0 aliphatic heterocycles. The van der Waals surface area contributed by atoms with E-state index in [2.05, 4.69) is 5.32 Å². The maximum absolute atomic E-state index is 12.4. The zero-order chi connectivity index (χ0) is 16.9. The molecule has 0 heterocycles. The van der Waals surface area contributed by atoms with Crippen molar-refractivity contribution in [3.05, 3.63) is 35.4 Å². The highest BCUT2D eigenvalue weighted by Crippen LogP contribution is 2.29. The summed E-state index contributed by atoms with van der Waals surface area (Å²) in [4.78, 5) is 33.1. The largest absolute Gasteiger partial charge is 0.481 e. The molecule has 22 heavy (non-hydrogen) atoms. The predicted octanol–water partition coefficient (Wildman–Crippen LogP) is 1.75. The molecule has 3 N–H and O–H groups in total. The molecule has 6 nitrogen and oxygen atoms in total. The minimum absolute atomic E-state index is 0.158. The first-order valence-electron chi connectivity index (χ1n) is 6.04. The molecule has 1 atom stereocenters. The smallest absolute Gasteiger partial charge is 0.416 e. The first kappa shape index (κ1) is 17.5. The summed E-state index contributed by atoms with van der Waals surface area (Å²) in [6, 6.07) is 1.78. The Morgan fingerprint density at radius 1 is 1.09 bits per heavy atom. The molecule has 1 aromatic rings. The maximum Gasteiger partial charge on any atom is 0.416 e. The van der Waals surface area contributed by atoms with Gasteiger partial charge in [0.25, 0.3) is 5.91 Å². The number of carbonyl (C=O) groups excluding carboxylic acids is 1. The van der Waals surface area contributed by atoms with Gasteiger partial charge in [0.15, 0.2) is 0 Å². The van der Waals surface area contributed by atoms with Crippen molar-refractivity contribution in [1.29, 1.82) is 0 Å². The second-order valence-corrected chi connectivity index (χ2v) is 4.37. The third-order valence-electron chi connectivity index (χ3n) is 2.72. The summed E-state index contributed by atoms with van der Waals surface area (Å²) >= 11 is 0. The number of alkyl halides is 3. The quantitative estimate of drug-likeness (QED) is 0.741. The Hall–Kier alpha value is -2.58. The van der Waals surface area contributed by atoms with Crippen LogP contribution >= 0.6 is 0 Å². The highest BCUT2D eigenvalue weighted by Gasteiger charge is 2.30. The molecule has 0 radical (unpaired) electrons. The Labute approximate surface area is 122 Å². The van der Waals surface area contributed by atoms with Gasteiger partial charge in [-0.3, -0.25) is 9.59 Å². The number of carboxylic acids is 2. The van der Waals surface area contributed by atoms with Crippen molar-refractivity contribution in [3.63, 3.8) is 0 Å². The summed E-state index contributed by atoms with van der Waals surface area (Å²) in [5.74, 6) is -3.55. The van der Waals surface area contributed by atoms with Gasteiger partial charge in [-0.15, -0.1) is 0 Å². The van der Waals surface area contributed by atoms with Crippen LogP contribution in [0.2, 0.25) is 0 Å². The van der Waals surface area contributed by atoms with Crippen LogP contribution in [0.3, 0.4) is 0 Å². The number of amides is 1. The number of carboxylic acid groups (broad SMARTS) is 2. The molecule has 0 unspecified atom stereocenters. The fourth-order valence-corrected chi connectivity index (χ4v) is 1.58. The Morgan fingerprint density at radius 2 is 1.64 bits per heavy atom. The van der Waals surface area contributed by atoms with Gasteiger partial charge >= 0.3 is 18.1 Å². The number of carbonyl (C=O) groups is 3. The molecular formula is C13H12F3NO5. The van der Waals surface area contributed by atoms with E-state index in [-0.39, 0.29) is 12.0 Å². The molecule has 0 aromatic heterocycles. The topological polar surface area (TPSA) is 104 Å². The van der Waals surface area contributed by atoms with Crippen molar-refractivity contribution >= 4 is 17.8 Å². The van der Waals surface area contributed by atoms with E-state index in [9.17, 15) is 27.6 Å². The third kappa shape index (κ3) is 5.08. The Morgan fingerprint density at radius 3 is 2.05 bits per heavy atom. The van der Waals surface area contributed by atoms with Crippen LogP contribution in [0.1, 0.15) is 28.8 Å². The second-order valence-electron chi connectivity index (χ2n) is 4.37. The lowest BCUT2D eigenvalue weighted by Gasteiger charge is -2.14. The van der Waals surface area contributed by atoms with Crippen LogP contribution in [0.15, 0.2) is 24.3 Å². The highest BCUT2D eigenvalue weighted by atomic mass is 19.4. The van der Waals surface area contributed by atoms with E-state index in [1.807, 2.05) is 0 Å². The minimum atomic E-state index is -4.54. The molecule has 0 aliphatic carbocycles. The van der Waals surface area contributed by atoms with Crippen LogP contribution in [0, 0.1) is 0 Å². The molecule has 0 aliphatic rings. The number of hydrogen-bond donors (Lipinski definition) is 3. The lowest BCUT2D eigenvalue weighted by Crippen LogP contribution is -2.41. The van der Waals surface area contributed by atoms with Gasteiger partial charge in [-0.25, -0.2) is 4.79 Å². The van der Waals surface area contributed by atoms with Gasteiger partial charge in [0.05, 0.1) is 5.56 Å². The second kappa shape index (κ2) is 6.92. The zero-order valence-corrected chi connectivity index (χ0v) is 11.1. The van der Waals surface area contributed by atoms with Crippen molar-refractivity contribution in [1.82, 2.24) is 5.32 Å². The molecule has 1 rings (SSSR count). The summed E-state index contributed by atoms with van der Waals surface area (Å²) < 4.78 is 37.1. The van der Waals surface area contributed by atoms with E-state index in [1.54, 1.807) is 0 Å². The summed E-state index contributed by atoms with van der Waals surface area (Å²) in [5.41, 5.74) is -1.10. The summed E-state index contributed by atoms with van der Waals surface area (Å²) in [5, 5.41) is 19.4. The fraction of sp³-hybridized carbons (Fsp3) is 0.308. The van der Waals surface area contributed by atoms with Crippen molar-refractivity contribution in [3.8, 4) is 0 Å². The molecule has 1 amide bonds. The lowest BCUT2D eigenvalue weighted by molar-refractivity contribution is -0.140. The van der Waals surface area contributed by atoms with E-state index in [1.165, 1.54) is 0 Å². The van der Waals surface area contributed by atoms with Crippen LogP contribution < -0.4 is 5.32 Å². The van der Waals surface area contributed by atoms with Gasteiger partial charge in [-0.2, -0.15) is 13.2 Å². The number of halogens is 3. The number of benzene rings is 1. The molecule has 0 fully saturated rings. The van der Waals surface area contributed by atoms with E-state index in [4.69, 9.17) is 10.2 Å². The zero-order valence-electron chi connectivity index (χ0n) is 11.1. The molecule has 0 bridgehead atoms. The Kier molecular flexibility index (Phi) is 5.50. The maximum atomic E-state index is 12.4. The molecule has 0 spiro atoms.